The van der Waals surface area contributed by atoms with Crippen LogP contribution in [0, 0.1) is 0 Å². The lowest BCUT2D eigenvalue weighted by atomic mass is 10.2. The third kappa shape index (κ3) is 3.19. The predicted molar refractivity (Wildman–Crippen MR) is 90.1 cm³/mol. The van der Waals surface area contributed by atoms with Gasteiger partial charge in [0.25, 0.3) is 0 Å². The highest BCUT2D eigenvalue weighted by Crippen LogP contribution is 2.24. The molecule has 0 atom stereocenters. The van der Waals surface area contributed by atoms with Crippen molar-refractivity contribution in [2.45, 2.75) is 6.54 Å². The molecule has 2 aromatic rings. The lowest BCUT2D eigenvalue weighted by Crippen LogP contribution is -2.48. The van der Waals surface area contributed by atoms with Gasteiger partial charge in [-0.15, -0.1) is 0 Å². The molecular weight excluding hydrogens is 368 g/mol. The van der Waals surface area contributed by atoms with Crippen LogP contribution in [0.4, 0.5) is 0 Å². The predicted octanol–water partition coefficient (Wildman–Crippen LogP) is 1.41. The van der Waals surface area contributed by atoms with E-state index in [4.69, 9.17) is 0 Å². The average molecular weight is 387 g/mol. The van der Waals surface area contributed by atoms with Gasteiger partial charge in [-0.3, -0.25) is 9.58 Å². The standard InChI is InChI=1S/C14H19BrN4O2S/c1-17-14(12-9-11(15)3-4-13(12)16-17)10-18-5-7-19(8-6-18)22(2,20)21/h3-4,9H,5-8,10H2,1-2H3. The highest BCUT2D eigenvalue weighted by atomic mass is 79.9. The molecule has 3 rings (SSSR count). The van der Waals surface area contributed by atoms with Crippen molar-refractivity contribution in [3.05, 3.63) is 28.4 Å². The van der Waals surface area contributed by atoms with Crippen LogP contribution in [-0.2, 0) is 23.6 Å². The molecule has 0 radical (unpaired) electrons. The summed E-state index contributed by atoms with van der Waals surface area (Å²) in [6, 6.07) is 6.08. The molecular formula is C14H19BrN4O2S. The van der Waals surface area contributed by atoms with E-state index in [2.05, 4.69) is 32.0 Å². The van der Waals surface area contributed by atoms with Crippen molar-refractivity contribution in [2.24, 2.45) is 7.05 Å². The smallest absolute Gasteiger partial charge is 0.211 e. The topological polar surface area (TPSA) is 58.4 Å². The van der Waals surface area contributed by atoms with Gasteiger partial charge in [0, 0.05) is 49.6 Å². The maximum Gasteiger partial charge on any atom is 0.211 e. The summed E-state index contributed by atoms with van der Waals surface area (Å²) in [6.07, 6.45) is 1.27. The molecule has 1 aliphatic rings. The van der Waals surface area contributed by atoms with Crippen molar-refractivity contribution in [3.8, 4) is 0 Å². The molecule has 120 valence electrons. The maximum absolute atomic E-state index is 11.6. The first-order valence-electron chi connectivity index (χ1n) is 7.13. The van der Waals surface area contributed by atoms with E-state index < -0.39 is 10.0 Å². The lowest BCUT2D eigenvalue weighted by molar-refractivity contribution is 0.179. The SMILES string of the molecule is Cn1nc2ccc(Br)cc2c1CN1CCN(S(C)(=O)=O)CC1. The van der Waals surface area contributed by atoms with Crippen molar-refractivity contribution in [3.63, 3.8) is 0 Å². The number of hydrogen-bond donors (Lipinski definition) is 0. The Hall–Kier alpha value is -0.960. The van der Waals surface area contributed by atoms with E-state index in [9.17, 15) is 8.42 Å². The molecule has 6 nitrogen and oxygen atoms in total. The number of fused-ring (bicyclic) bond motifs is 1. The third-order valence-corrected chi connectivity index (χ3v) is 5.89. The Labute approximate surface area is 138 Å². The van der Waals surface area contributed by atoms with Crippen LogP contribution in [0.2, 0.25) is 0 Å². The molecule has 0 N–H and O–H groups in total. The Balaban J connectivity index is 1.77. The molecule has 22 heavy (non-hydrogen) atoms. The van der Waals surface area contributed by atoms with Crippen LogP contribution in [0.15, 0.2) is 22.7 Å². The van der Waals surface area contributed by atoms with Gasteiger partial charge in [0.1, 0.15) is 0 Å². The number of aryl methyl sites for hydroxylation is 1. The number of nitrogens with zero attached hydrogens (tertiary/aromatic N) is 4. The van der Waals surface area contributed by atoms with Gasteiger partial charge in [-0.05, 0) is 18.2 Å². The van der Waals surface area contributed by atoms with Gasteiger partial charge in [-0.25, -0.2) is 8.42 Å². The summed E-state index contributed by atoms with van der Waals surface area (Å²) in [7, 11) is -1.12. The van der Waals surface area contributed by atoms with Gasteiger partial charge < -0.3 is 0 Å². The number of sulfonamides is 1. The van der Waals surface area contributed by atoms with E-state index in [0.717, 1.165) is 40.7 Å². The van der Waals surface area contributed by atoms with Gasteiger partial charge in [0.2, 0.25) is 10.0 Å². The van der Waals surface area contributed by atoms with Gasteiger partial charge in [0.15, 0.2) is 0 Å². The quantitative estimate of drug-likeness (QED) is 0.799. The first kappa shape index (κ1) is 15.9. The molecule has 1 saturated heterocycles. The van der Waals surface area contributed by atoms with Crippen LogP contribution in [-0.4, -0.2) is 59.8 Å². The van der Waals surface area contributed by atoms with Crippen LogP contribution < -0.4 is 0 Å². The Morgan fingerprint density at radius 2 is 1.91 bits per heavy atom. The van der Waals surface area contributed by atoms with Crippen LogP contribution in [0.5, 0.6) is 0 Å². The molecule has 1 fully saturated rings. The summed E-state index contributed by atoms with van der Waals surface area (Å²) in [5.41, 5.74) is 2.14. The molecule has 2 heterocycles. The van der Waals surface area contributed by atoms with Crippen LogP contribution in [0.1, 0.15) is 5.69 Å². The van der Waals surface area contributed by atoms with Gasteiger partial charge in [-0.2, -0.15) is 9.40 Å². The van der Waals surface area contributed by atoms with Crippen LogP contribution >= 0.6 is 15.9 Å². The number of piperazine rings is 1. The molecule has 1 aromatic carbocycles. The molecule has 0 aliphatic carbocycles. The Kier molecular flexibility index (Phi) is 4.28. The number of hydrogen-bond acceptors (Lipinski definition) is 4. The molecule has 8 heteroatoms. The summed E-state index contributed by atoms with van der Waals surface area (Å²) in [5, 5.41) is 5.68. The first-order valence-corrected chi connectivity index (χ1v) is 9.77. The number of rotatable bonds is 3. The lowest BCUT2D eigenvalue weighted by Gasteiger charge is -2.33. The average Bonchev–Trinajstić information content (AvgIpc) is 2.75. The number of halogens is 1. The van der Waals surface area contributed by atoms with Crippen molar-refractivity contribution in [1.29, 1.82) is 0 Å². The summed E-state index contributed by atoms with van der Waals surface area (Å²) in [5.74, 6) is 0. The summed E-state index contributed by atoms with van der Waals surface area (Å²) in [4.78, 5) is 2.28. The zero-order valence-electron chi connectivity index (χ0n) is 12.7. The zero-order valence-corrected chi connectivity index (χ0v) is 15.1. The summed E-state index contributed by atoms with van der Waals surface area (Å²) < 4.78 is 27.6. The normalized spacial score (nSPS) is 18.1. The third-order valence-electron chi connectivity index (χ3n) is 4.09. The summed E-state index contributed by atoms with van der Waals surface area (Å²) in [6.45, 7) is 3.37. The van der Waals surface area contributed by atoms with Crippen molar-refractivity contribution < 1.29 is 8.42 Å². The largest absolute Gasteiger partial charge is 0.295 e. The molecule has 0 spiro atoms. The van der Waals surface area contributed by atoms with Crippen molar-refractivity contribution >= 4 is 36.9 Å². The number of benzene rings is 1. The second-order valence-electron chi connectivity index (χ2n) is 5.67. The monoisotopic (exact) mass is 386 g/mol. The molecule has 1 aromatic heterocycles. The van der Waals surface area contributed by atoms with E-state index in [0.29, 0.717) is 13.1 Å². The summed E-state index contributed by atoms with van der Waals surface area (Å²) >= 11 is 3.51. The van der Waals surface area contributed by atoms with Crippen LogP contribution in [0.3, 0.4) is 0 Å². The Bertz CT molecular complexity index is 795. The van der Waals surface area contributed by atoms with Gasteiger partial charge in [-0.1, -0.05) is 15.9 Å². The Morgan fingerprint density at radius 3 is 2.55 bits per heavy atom. The van der Waals surface area contributed by atoms with Gasteiger partial charge >= 0.3 is 0 Å². The maximum atomic E-state index is 11.6. The fourth-order valence-electron chi connectivity index (χ4n) is 2.84. The fraction of sp³-hybridized carbons (Fsp3) is 0.500. The molecule has 0 saturated carbocycles. The number of aromatic nitrogens is 2. The van der Waals surface area contributed by atoms with Crippen LogP contribution in [0.25, 0.3) is 10.9 Å². The van der Waals surface area contributed by atoms with E-state index in [1.54, 1.807) is 4.31 Å². The van der Waals surface area contributed by atoms with E-state index >= 15 is 0 Å². The zero-order chi connectivity index (χ0) is 15.9. The van der Waals surface area contributed by atoms with E-state index in [-0.39, 0.29) is 0 Å². The van der Waals surface area contributed by atoms with E-state index in [1.165, 1.54) is 6.26 Å². The second-order valence-corrected chi connectivity index (χ2v) is 8.57. The van der Waals surface area contributed by atoms with Gasteiger partial charge in [0.05, 0.1) is 17.5 Å². The highest BCUT2D eigenvalue weighted by molar-refractivity contribution is 9.10. The second kappa shape index (κ2) is 5.92. The minimum atomic E-state index is -3.08. The van der Waals surface area contributed by atoms with E-state index in [1.807, 2.05) is 23.9 Å². The minimum absolute atomic E-state index is 0.554. The molecule has 0 unspecified atom stereocenters. The molecule has 0 amide bonds. The van der Waals surface area contributed by atoms with Crippen molar-refractivity contribution in [1.82, 2.24) is 19.0 Å². The first-order chi connectivity index (χ1) is 10.3. The molecule has 0 bridgehead atoms. The Morgan fingerprint density at radius 1 is 1.23 bits per heavy atom. The fourth-order valence-corrected chi connectivity index (χ4v) is 4.03. The molecule has 1 aliphatic heterocycles. The highest BCUT2D eigenvalue weighted by Gasteiger charge is 2.24. The minimum Gasteiger partial charge on any atom is -0.295 e. The van der Waals surface area contributed by atoms with Crippen molar-refractivity contribution in [2.75, 3.05) is 32.4 Å².